The Hall–Kier alpha value is -3.40. The number of rotatable bonds is 11. The van der Waals surface area contributed by atoms with E-state index in [2.05, 4.69) is 20.7 Å². The summed E-state index contributed by atoms with van der Waals surface area (Å²) in [5.74, 6) is 1.12. The van der Waals surface area contributed by atoms with Gasteiger partial charge in [0, 0.05) is 16.1 Å². The first-order valence-corrected chi connectivity index (χ1v) is 13.3. The quantitative estimate of drug-likeness (QED) is 0.141. The summed E-state index contributed by atoms with van der Waals surface area (Å²) >= 11 is 8.98. The molecule has 0 bridgehead atoms. The van der Waals surface area contributed by atoms with Crippen LogP contribution in [0.15, 0.2) is 82.2 Å². The molecule has 0 saturated carbocycles. The molecule has 0 radical (unpaired) electrons. The van der Waals surface area contributed by atoms with Crippen molar-refractivity contribution in [3.63, 3.8) is 0 Å². The SMILES string of the molecule is CCOc1cc(C=NNC(=O)CSc2nnc(-c3ccccc3)s2)ccc1OCc1ccccc1Cl. The molecule has 0 aliphatic heterocycles. The van der Waals surface area contributed by atoms with Crippen LogP contribution in [0.3, 0.4) is 0 Å². The van der Waals surface area contributed by atoms with Gasteiger partial charge in [0.25, 0.3) is 5.91 Å². The Labute approximate surface area is 222 Å². The van der Waals surface area contributed by atoms with Crippen LogP contribution in [-0.2, 0) is 11.4 Å². The van der Waals surface area contributed by atoms with Crippen molar-refractivity contribution < 1.29 is 14.3 Å². The molecule has 1 amide bonds. The van der Waals surface area contributed by atoms with E-state index in [4.69, 9.17) is 21.1 Å². The molecule has 0 atom stereocenters. The molecule has 0 saturated heterocycles. The van der Waals surface area contributed by atoms with Crippen molar-refractivity contribution in [2.45, 2.75) is 17.9 Å². The number of hydrazone groups is 1. The highest BCUT2D eigenvalue weighted by atomic mass is 35.5. The zero-order valence-electron chi connectivity index (χ0n) is 19.4. The van der Waals surface area contributed by atoms with E-state index >= 15 is 0 Å². The average molecular weight is 539 g/mol. The number of carbonyl (C=O) groups is 1. The summed E-state index contributed by atoms with van der Waals surface area (Å²) in [6.45, 7) is 2.70. The van der Waals surface area contributed by atoms with E-state index < -0.39 is 0 Å². The molecule has 1 heterocycles. The van der Waals surface area contributed by atoms with E-state index in [1.807, 2.05) is 73.7 Å². The Morgan fingerprint density at radius 1 is 1.06 bits per heavy atom. The van der Waals surface area contributed by atoms with Crippen molar-refractivity contribution >= 4 is 46.8 Å². The Kier molecular flexibility index (Phi) is 9.32. The minimum absolute atomic E-state index is 0.180. The monoisotopic (exact) mass is 538 g/mol. The highest BCUT2D eigenvalue weighted by Gasteiger charge is 2.10. The maximum Gasteiger partial charge on any atom is 0.250 e. The molecule has 0 spiro atoms. The molecule has 0 aliphatic carbocycles. The summed E-state index contributed by atoms with van der Waals surface area (Å²) in [6, 6.07) is 22.8. The number of carbonyl (C=O) groups excluding carboxylic acids is 1. The number of halogens is 1. The Morgan fingerprint density at radius 3 is 2.67 bits per heavy atom. The largest absolute Gasteiger partial charge is 0.490 e. The third kappa shape index (κ3) is 7.30. The third-order valence-electron chi connectivity index (χ3n) is 4.77. The average Bonchev–Trinajstić information content (AvgIpc) is 3.38. The van der Waals surface area contributed by atoms with Gasteiger partial charge in [-0.1, -0.05) is 83.2 Å². The van der Waals surface area contributed by atoms with Crippen LogP contribution in [0.1, 0.15) is 18.1 Å². The van der Waals surface area contributed by atoms with Crippen LogP contribution in [0.25, 0.3) is 10.6 Å². The van der Waals surface area contributed by atoms with Crippen molar-refractivity contribution in [2.75, 3.05) is 12.4 Å². The molecular formula is C26H23ClN4O3S2. The predicted molar refractivity (Wildman–Crippen MR) is 145 cm³/mol. The maximum atomic E-state index is 12.2. The number of amides is 1. The summed E-state index contributed by atoms with van der Waals surface area (Å²) < 4.78 is 12.4. The van der Waals surface area contributed by atoms with Gasteiger partial charge < -0.3 is 9.47 Å². The maximum absolute atomic E-state index is 12.2. The third-order valence-corrected chi connectivity index (χ3v) is 7.24. The minimum atomic E-state index is -0.238. The lowest BCUT2D eigenvalue weighted by molar-refractivity contribution is -0.118. The molecule has 1 N–H and O–H groups in total. The highest BCUT2D eigenvalue weighted by molar-refractivity contribution is 8.01. The molecule has 7 nitrogen and oxygen atoms in total. The summed E-state index contributed by atoms with van der Waals surface area (Å²) in [6.07, 6.45) is 1.56. The van der Waals surface area contributed by atoms with Gasteiger partial charge in [-0.2, -0.15) is 5.10 Å². The lowest BCUT2D eigenvalue weighted by Gasteiger charge is -2.13. The van der Waals surface area contributed by atoms with Crippen LogP contribution in [0.2, 0.25) is 5.02 Å². The van der Waals surface area contributed by atoms with E-state index in [9.17, 15) is 4.79 Å². The first kappa shape index (κ1) is 25.7. The van der Waals surface area contributed by atoms with E-state index in [-0.39, 0.29) is 11.7 Å². The fraction of sp³-hybridized carbons (Fsp3) is 0.154. The molecule has 4 aromatic rings. The van der Waals surface area contributed by atoms with Crippen molar-refractivity contribution in [3.8, 4) is 22.1 Å². The lowest BCUT2D eigenvalue weighted by Crippen LogP contribution is -2.19. The molecule has 3 aromatic carbocycles. The summed E-state index contributed by atoms with van der Waals surface area (Å²) in [5, 5.41) is 13.9. The lowest BCUT2D eigenvalue weighted by atomic mass is 10.2. The van der Waals surface area contributed by atoms with Crippen molar-refractivity contribution in [1.82, 2.24) is 15.6 Å². The van der Waals surface area contributed by atoms with Gasteiger partial charge in [-0.05, 0) is 36.8 Å². The molecular weight excluding hydrogens is 516 g/mol. The minimum Gasteiger partial charge on any atom is -0.490 e. The zero-order valence-corrected chi connectivity index (χ0v) is 21.8. The molecule has 36 heavy (non-hydrogen) atoms. The van der Waals surface area contributed by atoms with E-state index in [0.29, 0.717) is 29.7 Å². The number of aromatic nitrogens is 2. The number of nitrogens with one attached hydrogen (secondary N) is 1. The van der Waals surface area contributed by atoms with Crippen molar-refractivity contribution in [3.05, 3.63) is 88.9 Å². The predicted octanol–water partition coefficient (Wildman–Crippen LogP) is 6.08. The van der Waals surface area contributed by atoms with E-state index in [0.717, 1.165) is 26.0 Å². The second-order valence-electron chi connectivity index (χ2n) is 7.34. The number of hydrogen-bond donors (Lipinski definition) is 1. The number of nitrogens with zero attached hydrogens (tertiary/aromatic N) is 3. The van der Waals surface area contributed by atoms with Gasteiger partial charge in [0.15, 0.2) is 15.8 Å². The fourth-order valence-corrected chi connectivity index (χ4v) is 4.91. The second kappa shape index (κ2) is 13.1. The van der Waals surface area contributed by atoms with Crippen molar-refractivity contribution in [1.29, 1.82) is 0 Å². The highest BCUT2D eigenvalue weighted by Crippen LogP contribution is 2.30. The van der Waals surface area contributed by atoms with E-state index in [1.54, 1.807) is 12.3 Å². The van der Waals surface area contributed by atoms with Gasteiger partial charge >= 0.3 is 0 Å². The van der Waals surface area contributed by atoms with Crippen LogP contribution in [0.4, 0.5) is 0 Å². The second-order valence-corrected chi connectivity index (χ2v) is 9.95. The smallest absolute Gasteiger partial charge is 0.250 e. The number of ether oxygens (including phenoxy) is 2. The Balaban J connectivity index is 1.29. The molecule has 1 aromatic heterocycles. The molecule has 0 fully saturated rings. The first-order valence-electron chi connectivity index (χ1n) is 11.1. The summed E-state index contributed by atoms with van der Waals surface area (Å²) in [4.78, 5) is 12.2. The summed E-state index contributed by atoms with van der Waals surface area (Å²) in [5.41, 5.74) is 5.18. The van der Waals surface area contributed by atoms with Gasteiger partial charge in [-0.15, -0.1) is 10.2 Å². The van der Waals surface area contributed by atoms with Crippen LogP contribution in [-0.4, -0.2) is 34.7 Å². The van der Waals surface area contributed by atoms with Crippen molar-refractivity contribution in [2.24, 2.45) is 5.10 Å². The molecule has 10 heteroatoms. The number of hydrogen-bond acceptors (Lipinski definition) is 8. The van der Waals surface area contributed by atoms with Gasteiger partial charge in [-0.3, -0.25) is 4.79 Å². The number of thioether (sulfide) groups is 1. The molecule has 0 unspecified atom stereocenters. The Morgan fingerprint density at radius 2 is 1.86 bits per heavy atom. The topological polar surface area (TPSA) is 85.7 Å². The normalized spacial score (nSPS) is 10.9. The standard InChI is InChI=1S/C26H23ClN4O3S2/c1-2-33-23-14-18(12-13-22(23)34-16-20-10-6-7-11-21(20)27)15-28-29-24(32)17-35-26-31-30-25(36-26)19-8-4-3-5-9-19/h3-15H,2,16-17H2,1H3,(H,29,32). The van der Waals surface area contributed by atoms with Crippen LogP contribution in [0, 0.1) is 0 Å². The van der Waals surface area contributed by atoms with Crippen LogP contribution >= 0.6 is 34.7 Å². The molecule has 4 rings (SSSR count). The number of benzene rings is 3. The zero-order chi connectivity index (χ0) is 25.2. The van der Waals surface area contributed by atoms with E-state index in [1.165, 1.54) is 23.1 Å². The Bertz CT molecular complexity index is 1330. The van der Waals surface area contributed by atoms with Gasteiger partial charge in [0.1, 0.15) is 11.6 Å². The molecule has 184 valence electrons. The summed E-state index contributed by atoms with van der Waals surface area (Å²) in [7, 11) is 0. The van der Waals surface area contributed by atoms with Crippen LogP contribution < -0.4 is 14.9 Å². The molecule has 0 aliphatic rings. The van der Waals surface area contributed by atoms with Gasteiger partial charge in [-0.25, -0.2) is 5.43 Å². The van der Waals surface area contributed by atoms with Gasteiger partial charge in [0.05, 0.1) is 18.6 Å². The fourth-order valence-electron chi connectivity index (χ4n) is 3.07. The van der Waals surface area contributed by atoms with Gasteiger partial charge in [0.2, 0.25) is 0 Å². The van der Waals surface area contributed by atoms with Crippen LogP contribution in [0.5, 0.6) is 11.5 Å². The first-order chi connectivity index (χ1) is 17.6.